The molecule has 0 atom stereocenters. The van der Waals surface area contributed by atoms with E-state index in [1.54, 1.807) is 27.7 Å². The van der Waals surface area contributed by atoms with Crippen molar-refractivity contribution in [2.45, 2.75) is 53.4 Å². The van der Waals surface area contributed by atoms with Crippen LogP contribution in [0.15, 0.2) is 23.8 Å². The van der Waals surface area contributed by atoms with Crippen LogP contribution in [0, 0.1) is 0 Å². The van der Waals surface area contributed by atoms with Crippen molar-refractivity contribution in [1.29, 1.82) is 0 Å². The van der Waals surface area contributed by atoms with Gasteiger partial charge >= 0.3 is 15.2 Å². The Hall–Kier alpha value is -0.220. The smallest absolute Gasteiger partial charge is 0.306 e. The highest BCUT2D eigenvalue weighted by Gasteiger charge is 2.19. The van der Waals surface area contributed by atoms with Crippen LogP contribution in [0.3, 0.4) is 0 Å². The molecule has 142 valence electrons. The third-order valence-electron chi connectivity index (χ3n) is 2.80. The molecule has 0 spiro atoms. The van der Waals surface area contributed by atoms with E-state index in [0.29, 0.717) is 26.4 Å². The van der Waals surface area contributed by atoms with Crippen LogP contribution in [0.4, 0.5) is 0 Å². The number of hydrogen-bond acceptors (Lipinski definition) is 6. The van der Waals surface area contributed by atoms with Gasteiger partial charge in [0.2, 0.25) is 0 Å². The van der Waals surface area contributed by atoms with Crippen LogP contribution in [-0.2, 0) is 27.2 Å². The minimum Gasteiger partial charge on any atom is -0.306 e. The predicted molar refractivity (Wildman–Crippen MR) is 98.5 cm³/mol. The minimum absolute atomic E-state index is 0.353. The van der Waals surface area contributed by atoms with Gasteiger partial charge in [0.05, 0.1) is 26.4 Å². The molecule has 8 heteroatoms. The average Bonchev–Trinajstić information content (AvgIpc) is 2.51. The van der Waals surface area contributed by atoms with Gasteiger partial charge in [0.25, 0.3) is 0 Å². The van der Waals surface area contributed by atoms with Crippen LogP contribution >= 0.6 is 15.2 Å². The van der Waals surface area contributed by atoms with Crippen molar-refractivity contribution in [1.82, 2.24) is 0 Å². The van der Waals surface area contributed by atoms with Gasteiger partial charge in [-0.25, -0.2) is 0 Å². The van der Waals surface area contributed by atoms with E-state index in [1.165, 1.54) is 11.6 Å². The molecule has 0 bridgehead atoms. The highest BCUT2D eigenvalue weighted by atomic mass is 31.2. The molecule has 0 aromatic carbocycles. The topological polar surface area (TPSA) is 71.1 Å². The molecule has 0 aliphatic rings. The van der Waals surface area contributed by atoms with E-state index in [-0.39, 0.29) is 0 Å². The van der Waals surface area contributed by atoms with E-state index in [9.17, 15) is 9.13 Å². The molecule has 0 fully saturated rings. The second-order valence-corrected chi connectivity index (χ2v) is 8.59. The summed E-state index contributed by atoms with van der Waals surface area (Å²) in [5.41, 5.74) is 0. The first kappa shape index (κ1) is 23.8. The van der Waals surface area contributed by atoms with Gasteiger partial charge in [-0.05, 0) is 53.4 Å². The second kappa shape index (κ2) is 14.0. The van der Waals surface area contributed by atoms with Crippen molar-refractivity contribution in [3.8, 4) is 0 Å². The fourth-order valence-corrected chi connectivity index (χ4v) is 4.65. The maximum absolute atomic E-state index is 12.2. The summed E-state index contributed by atoms with van der Waals surface area (Å²) in [4.78, 5) is 0. The Morgan fingerprint density at radius 1 is 0.625 bits per heavy atom. The quantitative estimate of drug-likeness (QED) is 0.251. The van der Waals surface area contributed by atoms with E-state index >= 15 is 0 Å². The molecule has 0 radical (unpaired) electrons. The molecular weight excluding hydrogens is 350 g/mol. The van der Waals surface area contributed by atoms with Crippen LogP contribution in [0.5, 0.6) is 0 Å². The molecule has 24 heavy (non-hydrogen) atoms. The zero-order valence-corrected chi connectivity index (χ0v) is 17.1. The Morgan fingerprint density at radius 3 is 1.17 bits per heavy atom. The molecule has 0 aromatic rings. The summed E-state index contributed by atoms with van der Waals surface area (Å²) in [6, 6.07) is 0. The Bertz CT molecular complexity index is 399. The largest absolute Gasteiger partial charge is 0.353 e. The molecule has 0 amide bonds. The van der Waals surface area contributed by atoms with E-state index in [1.807, 2.05) is 12.2 Å². The average molecular weight is 382 g/mol. The lowest BCUT2D eigenvalue weighted by Crippen LogP contribution is -1.92. The minimum atomic E-state index is -3.08. The zero-order chi connectivity index (χ0) is 18.3. The molecule has 0 heterocycles. The molecule has 0 rings (SSSR count). The molecule has 6 nitrogen and oxygen atoms in total. The van der Waals surface area contributed by atoms with E-state index in [4.69, 9.17) is 18.1 Å². The zero-order valence-electron chi connectivity index (χ0n) is 15.3. The van der Waals surface area contributed by atoms with Crippen molar-refractivity contribution >= 4 is 15.2 Å². The Kier molecular flexibility index (Phi) is 13.9. The van der Waals surface area contributed by atoms with Crippen molar-refractivity contribution in [3.63, 3.8) is 0 Å². The molecule has 0 saturated carbocycles. The van der Waals surface area contributed by atoms with Crippen molar-refractivity contribution < 1.29 is 27.2 Å². The lowest BCUT2D eigenvalue weighted by molar-refractivity contribution is 0.227. The van der Waals surface area contributed by atoms with Gasteiger partial charge in [-0.1, -0.05) is 12.2 Å². The molecule has 0 aromatic heterocycles. The number of allylic oxidation sites excluding steroid dienone is 2. The Labute approximate surface area is 146 Å². The fraction of sp³-hybridized carbons (Fsp3) is 0.750. The molecular formula is C16H32O6P2. The first-order valence-corrected chi connectivity index (χ1v) is 11.8. The van der Waals surface area contributed by atoms with Crippen LogP contribution in [0.25, 0.3) is 0 Å². The first-order chi connectivity index (χ1) is 11.4. The normalized spacial score (nSPS) is 13.3. The van der Waals surface area contributed by atoms with Crippen LogP contribution in [0.1, 0.15) is 53.4 Å². The SMILES string of the molecule is CCOP(=O)(/C=C/CCCC/C=C/P(=O)(OCC)OCC)OCC. The van der Waals surface area contributed by atoms with Gasteiger partial charge in [-0.2, -0.15) is 0 Å². The summed E-state index contributed by atoms with van der Waals surface area (Å²) >= 11 is 0. The van der Waals surface area contributed by atoms with Gasteiger partial charge in [-0.3, -0.25) is 9.13 Å². The molecule has 0 unspecified atom stereocenters. The monoisotopic (exact) mass is 382 g/mol. The molecule has 0 saturated heterocycles. The number of unbranched alkanes of at least 4 members (excludes halogenated alkanes) is 3. The Morgan fingerprint density at radius 2 is 0.917 bits per heavy atom. The van der Waals surface area contributed by atoms with E-state index in [0.717, 1.165) is 25.7 Å². The highest BCUT2D eigenvalue weighted by molar-refractivity contribution is 7.57. The summed E-state index contributed by atoms with van der Waals surface area (Å²) in [5.74, 6) is 3.07. The van der Waals surface area contributed by atoms with Gasteiger partial charge < -0.3 is 18.1 Å². The van der Waals surface area contributed by atoms with E-state index < -0.39 is 15.2 Å². The molecule has 0 N–H and O–H groups in total. The third-order valence-corrected chi connectivity index (χ3v) is 6.43. The summed E-state index contributed by atoms with van der Waals surface area (Å²) < 4.78 is 45.1. The fourth-order valence-electron chi connectivity index (χ4n) is 1.90. The van der Waals surface area contributed by atoms with Crippen molar-refractivity contribution in [2.75, 3.05) is 26.4 Å². The predicted octanol–water partition coefficient (Wildman–Crippen LogP) is 6.11. The van der Waals surface area contributed by atoms with Crippen LogP contribution in [-0.4, -0.2) is 26.4 Å². The first-order valence-electron chi connectivity index (χ1n) is 8.58. The van der Waals surface area contributed by atoms with Crippen LogP contribution < -0.4 is 0 Å². The third kappa shape index (κ3) is 11.4. The highest BCUT2D eigenvalue weighted by Crippen LogP contribution is 2.50. The van der Waals surface area contributed by atoms with Crippen molar-refractivity contribution in [3.05, 3.63) is 23.8 Å². The summed E-state index contributed by atoms with van der Waals surface area (Å²) in [6.07, 6.45) is 7.08. The summed E-state index contributed by atoms with van der Waals surface area (Å²) in [7, 11) is -6.17. The van der Waals surface area contributed by atoms with Gasteiger partial charge in [-0.15, -0.1) is 0 Å². The number of hydrogen-bond donors (Lipinski definition) is 0. The lowest BCUT2D eigenvalue weighted by atomic mass is 10.2. The van der Waals surface area contributed by atoms with Gasteiger partial charge in [0.1, 0.15) is 0 Å². The summed E-state index contributed by atoms with van der Waals surface area (Å²) in [6.45, 7) is 8.56. The molecule has 0 aliphatic heterocycles. The second-order valence-electron chi connectivity index (χ2n) is 4.80. The van der Waals surface area contributed by atoms with Gasteiger partial charge in [0, 0.05) is 11.6 Å². The maximum Gasteiger partial charge on any atom is 0.353 e. The number of rotatable bonds is 15. The van der Waals surface area contributed by atoms with E-state index in [2.05, 4.69) is 0 Å². The van der Waals surface area contributed by atoms with Crippen LogP contribution in [0.2, 0.25) is 0 Å². The standard InChI is InChI=1S/C16H32O6P2/c1-5-19-23(17,20-6-2)15-13-11-9-10-12-14-16-24(18,21-7-3)22-8-4/h13-16H,5-12H2,1-4H3/b15-13+,16-14+. The Balaban J connectivity index is 4.13. The van der Waals surface area contributed by atoms with Gasteiger partial charge in [0.15, 0.2) is 0 Å². The lowest BCUT2D eigenvalue weighted by Gasteiger charge is -2.12. The van der Waals surface area contributed by atoms with Crippen molar-refractivity contribution in [2.24, 2.45) is 0 Å². The maximum atomic E-state index is 12.2. The molecule has 0 aliphatic carbocycles. The summed E-state index contributed by atoms with van der Waals surface area (Å²) in [5, 5.41) is 0.